The lowest BCUT2D eigenvalue weighted by atomic mass is 10.4. The molecule has 1 N–H and O–H groups in total. The minimum absolute atomic E-state index is 0.0607. The first-order valence-corrected chi connectivity index (χ1v) is 5.08. The lowest BCUT2D eigenvalue weighted by Crippen LogP contribution is -2.22. The molecular formula is C7H13ClN2OS. The Morgan fingerprint density at radius 2 is 2.33 bits per heavy atom. The Labute approximate surface area is 82.0 Å². The quantitative estimate of drug-likeness (QED) is 0.562. The van der Waals surface area contributed by atoms with E-state index in [4.69, 9.17) is 11.6 Å². The van der Waals surface area contributed by atoms with Crippen LogP contribution in [-0.4, -0.2) is 29.8 Å². The van der Waals surface area contributed by atoms with Crippen molar-refractivity contribution in [1.82, 2.24) is 5.32 Å². The fourth-order valence-electron chi connectivity index (χ4n) is 0.578. The van der Waals surface area contributed by atoms with Crippen LogP contribution in [0.5, 0.6) is 0 Å². The molecule has 0 saturated carbocycles. The van der Waals surface area contributed by atoms with Gasteiger partial charge in [-0.05, 0) is 6.92 Å². The van der Waals surface area contributed by atoms with E-state index in [2.05, 4.69) is 10.3 Å². The fraction of sp³-hybridized carbons (Fsp3) is 0.714. The molecule has 1 amide bonds. The summed E-state index contributed by atoms with van der Waals surface area (Å²) in [5.41, 5.74) is 0. The summed E-state index contributed by atoms with van der Waals surface area (Å²) in [6.45, 7) is 2.57. The van der Waals surface area contributed by atoms with E-state index < -0.39 is 0 Å². The third-order valence-corrected chi connectivity index (χ3v) is 2.43. The van der Waals surface area contributed by atoms with E-state index in [1.54, 1.807) is 7.05 Å². The number of rotatable bonds is 4. The van der Waals surface area contributed by atoms with Gasteiger partial charge in [-0.15, -0.1) is 0 Å². The smallest absolute Gasteiger partial charge is 0.220 e. The van der Waals surface area contributed by atoms with Gasteiger partial charge in [-0.25, -0.2) is 0 Å². The van der Waals surface area contributed by atoms with Crippen LogP contribution in [0.1, 0.15) is 13.3 Å². The molecular weight excluding hydrogens is 196 g/mol. The average molecular weight is 209 g/mol. The van der Waals surface area contributed by atoms with E-state index in [1.165, 1.54) is 11.8 Å². The Balaban J connectivity index is 3.37. The van der Waals surface area contributed by atoms with Crippen LogP contribution in [0.3, 0.4) is 0 Å². The molecule has 0 radical (unpaired) electrons. The van der Waals surface area contributed by atoms with Crippen molar-refractivity contribution in [3.05, 3.63) is 0 Å². The van der Waals surface area contributed by atoms with Crippen molar-refractivity contribution in [2.75, 3.05) is 19.3 Å². The van der Waals surface area contributed by atoms with Crippen LogP contribution in [0.15, 0.2) is 4.99 Å². The number of aliphatic imine (C=N–C) groups is 1. The number of nitrogens with one attached hydrogen (secondary N) is 1. The van der Waals surface area contributed by atoms with Gasteiger partial charge >= 0.3 is 0 Å². The van der Waals surface area contributed by atoms with Gasteiger partial charge in [0.2, 0.25) is 5.91 Å². The Morgan fingerprint density at radius 1 is 1.67 bits per heavy atom. The van der Waals surface area contributed by atoms with E-state index in [1.807, 2.05) is 6.92 Å². The summed E-state index contributed by atoms with van der Waals surface area (Å²) < 4.78 is 0.499. The van der Waals surface area contributed by atoms with Crippen molar-refractivity contribution in [3.63, 3.8) is 0 Å². The first-order valence-electron chi connectivity index (χ1n) is 3.72. The Morgan fingerprint density at radius 3 is 2.83 bits per heavy atom. The van der Waals surface area contributed by atoms with Crippen molar-refractivity contribution in [1.29, 1.82) is 0 Å². The monoisotopic (exact) mass is 208 g/mol. The van der Waals surface area contributed by atoms with Gasteiger partial charge in [0.1, 0.15) is 0 Å². The summed E-state index contributed by atoms with van der Waals surface area (Å²) in [7, 11) is 1.63. The van der Waals surface area contributed by atoms with Crippen molar-refractivity contribution < 1.29 is 4.79 Å². The Kier molecular flexibility index (Phi) is 7.29. The van der Waals surface area contributed by atoms with Crippen LogP contribution in [0.2, 0.25) is 0 Å². The number of nitrogens with zero attached hydrogens (tertiary/aromatic N) is 1. The minimum atomic E-state index is 0.0607. The molecule has 0 spiro atoms. The second-order valence-corrected chi connectivity index (χ2v) is 3.69. The molecule has 0 saturated heterocycles. The predicted octanol–water partition coefficient (Wildman–Crippen LogP) is 1.47. The lowest BCUT2D eigenvalue weighted by molar-refractivity contribution is -0.120. The van der Waals surface area contributed by atoms with E-state index in [0.717, 1.165) is 0 Å². The largest absolute Gasteiger partial charge is 0.356 e. The van der Waals surface area contributed by atoms with Gasteiger partial charge < -0.3 is 5.32 Å². The highest BCUT2D eigenvalue weighted by Gasteiger charge is 2.00. The molecule has 0 aromatic carbocycles. The molecule has 0 rings (SSSR count). The maximum atomic E-state index is 10.9. The number of hydrogen-bond donors (Lipinski definition) is 1. The molecule has 5 heteroatoms. The summed E-state index contributed by atoms with van der Waals surface area (Å²) in [6.07, 6.45) is 0.490. The summed E-state index contributed by atoms with van der Waals surface area (Å²) in [5, 5.41) is 2.70. The SMILES string of the molecule is CCNC(=O)CCSC(Cl)=NC. The van der Waals surface area contributed by atoms with Gasteiger partial charge in [-0.1, -0.05) is 23.4 Å². The highest BCUT2D eigenvalue weighted by atomic mass is 35.5. The van der Waals surface area contributed by atoms with Gasteiger partial charge in [0, 0.05) is 25.8 Å². The van der Waals surface area contributed by atoms with Gasteiger partial charge in [0.05, 0.1) is 0 Å². The van der Waals surface area contributed by atoms with Crippen LogP contribution in [0.4, 0.5) is 0 Å². The van der Waals surface area contributed by atoms with Crippen LogP contribution in [-0.2, 0) is 4.79 Å². The molecule has 0 aliphatic carbocycles. The number of carbonyl (C=O) groups excluding carboxylic acids is 1. The second kappa shape index (κ2) is 7.43. The van der Waals surface area contributed by atoms with Gasteiger partial charge in [0.25, 0.3) is 0 Å². The Hall–Kier alpha value is -0.220. The molecule has 0 bridgehead atoms. The standard InChI is InChI=1S/C7H13ClN2OS/c1-3-10-6(11)4-5-12-7(8)9-2/h3-5H2,1-2H3,(H,10,11). The maximum Gasteiger partial charge on any atom is 0.220 e. The minimum Gasteiger partial charge on any atom is -0.356 e. The van der Waals surface area contributed by atoms with Gasteiger partial charge in [0.15, 0.2) is 4.50 Å². The topological polar surface area (TPSA) is 41.5 Å². The number of carbonyl (C=O) groups is 1. The number of thioether (sulfide) groups is 1. The predicted molar refractivity (Wildman–Crippen MR) is 55.0 cm³/mol. The maximum absolute atomic E-state index is 10.9. The van der Waals surface area contributed by atoms with E-state index >= 15 is 0 Å². The molecule has 0 aromatic heterocycles. The van der Waals surface area contributed by atoms with E-state index in [0.29, 0.717) is 23.2 Å². The van der Waals surface area contributed by atoms with Crippen LogP contribution in [0.25, 0.3) is 0 Å². The number of halogens is 1. The average Bonchev–Trinajstić information content (AvgIpc) is 2.04. The first-order chi connectivity index (χ1) is 5.70. The second-order valence-electron chi connectivity index (χ2n) is 2.03. The van der Waals surface area contributed by atoms with Crippen LogP contribution >= 0.6 is 23.4 Å². The van der Waals surface area contributed by atoms with Crippen molar-refractivity contribution in [3.8, 4) is 0 Å². The highest BCUT2D eigenvalue weighted by Crippen LogP contribution is 2.08. The molecule has 70 valence electrons. The van der Waals surface area contributed by atoms with Gasteiger partial charge in [-0.2, -0.15) is 0 Å². The zero-order valence-corrected chi connectivity index (χ0v) is 8.84. The third-order valence-electron chi connectivity index (χ3n) is 1.10. The molecule has 0 aliphatic rings. The summed E-state index contributed by atoms with van der Waals surface area (Å²) in [5.74, 6) is 0.743. The number of amides is 1. The number of hydrogen-bond acceptors (Lipinski definition) is 3. The Bertz CT molecular complexity index is 173. The summed E-state index contributed by atoms with van der Waals surface area (Å²) in [4.78, 5) is 14.7. The molecule has 12 heavy (non-hydrogen) atoms. The van der Waals surface area contributed by atoms with Crippen molar-refractivity contribution in [2.45, 2.75) is 13.3 Å². The van der Waals surface area contributed by atoms with Gasteiger partial charge in [-0.3, -0.25) is 9.79 Å². The summed E-state index contributed by atoms with van der Waals surface area (Å²) >= 11 is 6.99. The normalized spacial score (nSPS) is 11.4. The van der Waals surface area contributed by atoms with Crippen LogP contribution < -0.4 is 5.32 Å². The van der Waals surface area contributed by atoms with Crippen molar-refractivity contribution >= 4 is 33.8 Å². The molecule has 0 unspecified atom stereocenters. The molecule has 0 aromatic rings. The highest BCUT2D eigenvalue weighted by molar-refractivity contribution is 8.16. The molecule has 0 aliphatic heterocycles. The molecule has 0 heterocycles. The third kappa shape index (κ3) is 6.49. The van der Waals surface area contributed by atoms with Crippen molar-refractivity contribution in [2.24, 2.45) is 4.99 Å². The van der Waals surface area contributed by atoms with E-state index in [9.17, 15) is 4.79 Å². The zero-order valence-electron chi connectivity index (χ0n) is 7.26. The van der Waals surface area contributed by atoms with E-state index in [-0.39, 0.29) is 5.91 Å². The fourth-order valence-corrected chi connectivity index (χ4v) is 1.39. The lowest BCUT2D eigenvalue weighted by Gasteiger charge is -2.00. The first kappa shape index (κ1) is 11.8. The zero-order chi connectivity index (χ0) is 9.40. The molecule has 3 nitrogen and oxygen atoms in total. The summed E-state index contributed by atoms with van der Waals surface area (Å²) in [6, 6.07) is 0. The molecule has 0 atom stereocenters. The molecule has 0 fully saturated rings. The van der Waals surface area contributed by atoms with Crippen LogP contribution in [0, 0.1) is 0 Å².